The van der Waals surface area contributed by atoms with E-state index in [4.69, 9.17) is 11.6 Å². The van der Waals surface area contributed by atoms with Crippen molar-refractivity contribution >= 4 is 68.2 Å². The quantitative estimate of drug-likeness (QED) is 0.121. The van der Waals surface area contributed by atoms with Crippen LogP contribution in [-0.2, 0) is 41.4 Å². The van der Waals surface area contributed by atoms with Gasteiger partial charge in [0.05, 0.1) is 31.4 Å². The normalized spacial score (nSPS) is 16.0. The summed E-state index contributed by atoms with van der Waals surface area (Å²) in [6.07, 6.45) is 3.26. The summed E-state index contributed by atoms with van der Waals surface area (Å²) in [6, 6.07) is 25.3. The lowest BCUT2D eigenvalue weighted by atomic mass is 9.69. The fourth-order valence-corrected chi connectivity index (χ4v) is 12.2. The summed E-state index contributed by atoms with van der Waals surface area (Å²) in [4.78, 5) is -0.658. The second kappa shape index (κ2) is 18.8. The van der Waals surface area contributed by atoms with Gasteiger partial charge in [0.1, 0.15) is 23.6 Å². The van der Waals surface area contributed by atoms with Gasteiger partial charge in [-0.3, -0.25) is 0 Å². The highest BCUT2D eigenvalue weighted by Crippen LogP contribution is 2.56. The van der Waals surface area contributed by atoms with Crippen LogP contribution >= 0.6 is 11.6 Å². The number of aliphatic hydroxyl groups excluding tert-OH is 1. The number of alkyl halides is 4. The fourth-order valence-electron chi connectivity index (χ4n) is 9.64. The SMILES string of the molecule is CCS(=O)(=O)c1ccc(C(O)c2cc(C3=[C]C(c4cc(C(F)(F)c5ccc(S(C)(=O)=O)cc5Cl)c5cc(F)ccc5c4)c4ccc(F)cc4C3C(F)(F)c3ccc(S(C)(=O)=O)cc3)cc3ccc(F)cc23)c(C)c1. The highest BCUT2D eigenvalue weighted by atomic mass is 35.5. The van der Waals surface area contributed by atoms with Crippen LogP contribution in [0.2, 0.25) is 5.02 Å². The second-order valence-corrected chi connectivity index (χ2v) is 25.0. The molecule has 3 atom stereocenters. The minimum atomic E-state index is -4.09. The summed E-state index contributed by atoms with van der Waals surface area (Å²) in [5.41, 5.74) is -2.78. The van der Waals surface area contributed by atoms with Crippen LogP contribution in [0.1, 0.15) is 80.5 Å². The minimum absolute atomic E-state index is 0.0280. The molecule has 0 heterocycles. The van der Waals surface area contributed by atoms with Crippen molar-refractivity contribution < 1.29 is 61.1 Å². The number of halogens is 8. The van der Waals surface area contributed by atoms with Gasteiger partial charge in [0.2, 0.25) is 0 Å². The molecular weight excluding hydrogens is 1050 g/mol. The average Bonchev–Trinajstić information content (AvgIpc) is 3.34. The Hall–Kier alpha value is -6.37. The number of fused-ring (bicyclic) bond motifs is 3. The van der Waals surface area contributed by atoms with Crippen LogP contribution in [0.15, 0.2) is 154 Å². The lowest BCUT2D eigenvalue weighted by molar-refractivity contribution is -0.0176. The van der Waals surface area contributed by atoms with Crippen LogP contribution in [-0.4, -0.2) is 48.6 Å². The third-order valence-electron chi connectivity index (χ3n) is 13.4. The number of hydrogen-bond acceptors (Lipinski definition) is 7. The molecular formula is C56H41ClF7O7S3. The molecule has 0 bridgehead atoms. The van der Waals surface area contributed by atoms with Gasteiger partial charge in [-0.25, -0.2) is 47.2 Å². The Morgan fingerprint density at radius 1 is 0.608 bits per heavy atom. The average molecular weight is 1090 g/mol. The maximum Gasteiger partial charge on any atom is 0.300 e. The van der Waals surface area contributed by atoms with Gasteiger partial charge in [-0.1, -0.05) is 61.0 Å². The van der Waals surface area contributed by atoms with Gasteiger partial charge in [-0.15, -0.1) is 0 Å². The smallest absolute Gasteiger partial charge is 0.300 e. The Kier molecular flexibility index (Phi) is 13.3. The van der Waals surface area contributed by atoms with E-state index in [0.717, 1.165) is 97.4 Å². The predicted octanol–water partition coefficient (Wildman–Crippen LogP) is 13.1. The Labute approximate surface area is 427 Å². The van der Waals surface area contributed by atoms with Crippen molar-refractivity contribution in [3.8, 4) is 0 Å². The van der Waals surface area contributed by atoms with E-state index in [0.29, 0.717) is 5.56 Å². The molecule has 0 amide bonds. The third-order valence-corrected chi connectivity index (χ3v) is 17.7. The molecule has 3 unspecified atom stereocenters. The summed E-state index contributed by atoms with van der Waals surface area (Å²) in [7, 11) is -11.5. The van der Waals surface area contributed by atoms with Crippen LogP contribution in [0.5, 0.6) is 0 Å². The molecule has 1 aliphatic carbocycles. The Morgan fingerprint density at radius 2 is 1.19 bits per heavy atom. The summed E-state index contributed by atoms with van der Waals surface area (Å²) < 4.78 is 192. The molecule has 0 aromatic heterocycles. The highest BCUT2D eigenvalue weighted by Gasteiger charge is 2.49. The summed E-state index contributed by atoms with van der Waals surface area (Å²) >= 11 is 6.38. The Bertz CT molecular complexity index is 4020. The van der Waals surface area contributed by atoms with Crippen LogP contribution in [0, 0.1) is 30.5 Å². The molecule has 0 spiro atoms. The topological polar surface area (TPSA) is 123 Å². The summed E-state index contributed by atoms with van der Waals surface area (Å²) in [5.74, 6) is -14.6. The van der Waals surface area contributed by atoms with Crippen molar-refractivity contribution in [2.75, 3.05) is 18.3 Å². The summed E-state index contributed by atoms with van der Waals surface area (Å²) in [5, 5.41) is 11.7. The first-order chi connectivity index (χ1) is 34.6. The molecule has 74 heavy (non-hydrogen) atoms. The van der Waals surface area contributed by atoms with Gasteiger partial charge in [0.15, 0.2) is 29.5 Å². The van der Waals surface area contributed by atoms with Crippen LogP contribution in [0.25, 0.3) is 27.1 Å². The van der Waals surface area contributed by atoms with E-state index >= 15 is 30.7 Å². The number of rotatable bonds is 12. The number of aliphatic hydroxyl groups is 1. The highest BCUT2D eigenvalue weighted by molar-refractivity contribution is 7.91. The maximum absolute atomic E-state index is 18.0. The largest absolute Gasteiger partial charge is 0.384 e. The van der Waals surface area contributed by atoms with Crippen molar-refractivity contribution in [3.05, 3.63) is 224 Å². The maximum atomic E-state index is 18.0. The van der Waals surface area contributed by atoms with Gasteiger partial charge in [-0.2, -0.15) is 8.78 Å². The Balaban J connectivity index is 1.33. The standard InChI is InChI=1S/C56H41ClF7O7S3/c1-5-74(70,71)41-15-18-42(30(2)20-41)54(65)49-23-33(21-31-6-10-36(58)25-44(31)49)47-29-45(43-17-12-38(60)27-48(43)53(47)55(61,62)35-8-13-39(14-9-35)72(3,66)67)34-22-32-7-11-37(59)26-46(32)51(24-34)56(63,64)50-19-16-40(28-52(50)57)73(4,68)69/h6-28,45,53-54,65H,5H2,1-4H3. The molecule has 381 valence electrons. The van der Waals surface area contributed by atoms with Crippen molar-refractivity contribution in [2.45, 2.75) is 58.3 Å². The molecule has 8 aromatic rings. The zero-order valence-corrected chi connectivity index (χ0v) is 42.6. The summed E-state index contributed by atoms with van der Waals surface area (Å²) in [6.45, 7) is 3.01. The lowest BCUT2D eigenvalue weighted by Gasteiger charge is -2.37. The molecule has 0 saturated heterocycles. The molecule has 0 aliphatic heterocycles. The van der Waals surface area contributed by atoms with Gasteiger partial charge >= 0.3 is 5.92 Å². The van der Waals surface area contributed by atoms with E-state index in [1.807, 2.05) is 0 Å². The van der Waals surface area contributed by atoms with Crippen LogP contribution in [0.3, 0.4) is 0 Å². The van der Waals surface area contributed by atoms with Gasteiger partial charge in [-0.05, 0) is 176 Å². The first kappa shape index (κ1) is 52.5. The third kappa shape index (κ3) is 9.53. The molecule has 1 radical (unpaired) electrons. The molecule has 7 nitrogen and oxygen atoms in total. The fraction of sp³-hybridized carbons (Fsp3) is 0.179. The van der Waals surface area contributed by atoms with Crippen LogP contribution < -0.4 is 0 Å². The van der Waals surface area contributed by atoms with Crippen LogP contribution in [0.4, 0.5) is 30.7 Å². The number of benzene rings is 8. The van der Waals surface area contributed by atoms with Crippen molar-refractivity contribution in [2.24, 2.45) is 0 Å². The van der Waals surface area contributed by atoms with Gasteiger partial charge < -0.3 is 5.11 Å². The van der Waals surface area contributed by atoms with E-state index < -0.39 is 98.5 Å². The van der Waals surface area contributed by atoms with Crippen molar-refractivity contribution in [1.29, 1.82) is 0 Å². The van der Waals surface area contributed by atoms with Crippen molar-refractivity contribution in [3.63, 3.8) is 0 Å². The van der Waals surface area contributed by atoms with E-state index in [2.05, 4.69) is 6.08 Å². The molecule has 0 fully saturated rings. The van der Waals surface area contributed by atoms with E-state index in [1.54, 1.807) is 6.92 Å². The molecule has 8 aromatic carbocycles. The second-order valence-electron chi connectivity index (χ2n) is 18.3. The zero-order chi connectivity index (χ0) is 53.6. The predicted molar refractivity (Wildman–Crippen MR) is 269 cm³/mol. The van der Waals surface area contributed by atoms with E-state index in [-0.39, 0.29) is 80.9 Å². The van der Waals surface area contributed by atoms with E-state index in [9.17, 15) is 30.4 Å². The van der Waals surface area contributed by atoms with Gasteiger partial charge in [0, 0.05) is 35.1 Å². The molecule has 1 N–H and O–H groups in total. The minimum Gasteiger partial charge on any atom is -0.384 e. The molecule has 9 rings (SSSR count). The molecule has 0 saturated carbocycles. The van der Waals surface area contributed by atoms with Crippen molar-refractivity contribution in [1.82, 2.24) is 0 Å². The van der Waals surface area contributed by atoms with Gasteiger partial charge in [0.25, 0.3) is 5.92 Å². The number of allylic oxidation sites excluding steroid dienone is 2. The molecule has 18 heteroatoms. The molecule has 1 aliphatic rings. The lowest BCUT2D eigenvalue weighted by Crippen LogP contribution is -2.30. The number of hydrogen-bond donors (Lipinski definition) is 1. The number of sulfone groups is 3. The first-order valence-corrected chi connectivity index (χ1v) is 28.4. The number of aryl methyl sites for hydroxylation is 1. The Morgan fingerprint density at radius 3 is 1.80 bits per heavy atom. The monoisotopic (exact) mass is 1090 g/mol. The zero-order valence-electron chi connectivity index (χ0n) is 39.4. The first-order valence-electron chi connectivity index (χ1n) is 22.6. The van der Waals surface area contributed by atoms with E-state index in [1.165, 1.54) is 61.5 Å².